The fourth-order valence-corrected chi connectivity index (χ4v) is 2.32. The Morgan fingerprint density at radius 2 is 2.33 bits per heavy atom. The number of aromatic nitrogens is 3. The highest BCUT2D eigenvalue weighted by Gasteiger charge is 2.56. The van der Waals surface area contributed by atoms with E-state index < -0.39 is 47.8 Å². The lowest BCUT2D eigenvalue weighted by atomic mass is 9.99. The van der Waals surface area contributed by atoms with E-state index in [0.29, 0.717) is 4.68 Å². The molecule has 1 saturated heterocycles. The van der Waals surface area contributed by atoms with Gasteiger partial charge in [0.15, 0.2) is 11.1 Å². The maximum Gasteiger partial charge on any atom is 0.347 e. The molecule has 0 aromatic carbocycles. The molecule has 0 spiro atoms. The molecule has 2 heterocycles. The van der Waals surface area contributed by atoms with Crippen molar-refractivity contribution in [1.82, 2.24) is 14.8 Å². The standard InChI is InChI=1S/C11H11ClFN3O5/c12-11(2-1-3-13)8(19)6(5-17)21-9(11)16-10(20)15-7(18)4-14-16/h4,6,8-9,17,19H,3,5H2,(H,15,18,20)/t6-,8+,9-,11?/m1/s1. The van der Waals surface area contributed by atoms with Gasteiger partial charge in [0.1, 0.15) is 25.1 Å². The highest BCUT2D eigenvalue weighted by molar-refractivity contribution is 6.27. The van der Waals surface area contributed by atoms with Gasteiger partial charge in [-0.15, -0.1) is 0 Å². The molecule has 0 bridgehead atoms. The van der Waals surface area contributed by atoms with E-state index in [2.05, 4.69) is 16.9 Å². The van der Waals surface area contributed by atoms with Crippen LogP contribution in [0.25, 0.3) is 0 Å². The quantitative estimate of drug-likeness (QED) is 0.434. The van der Waals surface area contributed by atoms with Crippen LogP contribution in [0.5, 0.6) is 0 Å². The maximum atomic E-state index is 12.2. The first kappa shape index (κ1) is 15.7. The molecule has 114 valence electrons. The summed E-state index contributed by atoms with van der Waals surface area (Å²) >= 11 is 6.17. The van der Waals surface area contributed by atoms with Crippen LogP contribution in [-0.4, -0.2) is 55.3 Å². The number of nitrogens with one attached hydrogen (secondary N) is 1. The lowest BCUT2D eigenvalue weighted by molar-refractivity contribution is -0.0514. The first-order valence-electron chi connectivity index (χ1n) is 5.81. The summed E-state index contributed by atoms with van der Waals surface area (Å²) < 4.78 is 18.2. The molecular formula is C11H11ClFN3O5. The third-order valence-electron chi connectivity index (χ3n) is 2.93. The van der Waals surface area contributed by atoms with E-state index in [4.69, 9.17) is 21.4 Å². The van der Waals surface area contributed by atoms with Gasteiger partial charge in [0.25, 0.3) is 5.56 Å². The molecule has 4 atom stereocenters. The van der Waals surface area contributed by atoms with Gasteiger partial charge >= 0.3 is 5.69 Å². The van der Waals surface area contributed by atoms with E-state index in [0.717, 1.165) is 6.20 Å². The van der Waals surface area contributed by atoms with E-state index >= 15 is 0 Å². The Balaban J connectivity index is 2.53. The zero-order valence-corrected chi connectivity index (χ0v) is 11.2. The van der Waals surface area contributed by atoms with Gasteiger partial charge < -0.3 is 14.9 Å². The van der Waals surface area contributed by atoms with E-state index in [9.17, 15) is 19.1 Å². The first-order chi connectivity index (χ1) is 9.93. The second kappa shape index (κ2) is 5.95. The van der Waals surface area contributed by atoms with Gasteiger partial charge in [-0.05, 0) is 0 Å². The van der Waals surface area contributed by atoms with Crippen molar-refractivity contribution in [2.24, 2.45) is 0 Å². The molecule has 0 aliphatic carbocycles. The van der Waals surface area contributed by atoms with Gasteiger partial charge in [0, 0.05) is 0 Å². The Hall–Kier alpha value is -1.73. The normalized spacial score (nSPS) is 31.7. The SMILES string of the molecule is O=c1cnn([C@@H]2O[C@H](CO)[C@H](O)C2(Cl)C#CCF)c(=O)[nH]1. The molecule has 0 saturated carbocycles. The number of H-pyrrole nitrogens is 1. The lowest BCUT2D eigenvalue weighted by Crippen LogP contribution is -2.45. The average Bonchev–Trinajstić information content (AvgIpc) is 2.70. The smallest absolute Gasteiger partial charge is 0.347 e. The Morgan fingerprint density at radius 3 is 2.90 bits per heavy atom. The number of aliphatic hydroxyl groups excluding tert-OH is 2. The van der Waals surface area contributed by atoms with Gasteiger partial charge in [0.05, 0.1) is 6.61 Å². The van der Waals surface area contributed by atoms with Crippen molar-refractivity contribution < 1.29 is 19.3 Å². The van der Waals surface area contributed by atoms with Gasteiger partial charge in [-0.2, -0.15) is 9.78 Å². The van der Waals surface area contributed by atoms with E-state index in [1.165, 1.54) is 0 Å². The van der Waals surface area contributed by atoms with Crippen LogP contribution in [0.15, 0.2) is 15.8 Å². The van der Waals surface area contributed by atoms with Crippen molar-refractivity contribution in [3.8, 4) is 11.8 Å². The minimum absolute atomic E-state index is 0.596. The summed E-state index contributed by atoms with van der Waals surface area (Å²) in [6, 6.07) is 0. The zero-order valence-electron chi connectivity index (χ0n) is 10.5. The fourth-order valence-electron chi connectivity index (χ4n) is 1.97. The highest BCUT2D eigenvalue weighted by Crippen LogP contribution is 2.42. The van der Waals surface area contributed by atoms with Gasteiger partial charge in [-0.1, -0.05) is 23.4 Å². The molecule has 1 aromatic rings. The Morgan fingerprint density at radius 1 is 1.62 bits per heavy atom. The summed E-state index contributed by atoms with van der Waals surface area (Å²) in [5, 5.41) is 22.8. The van der Waals surface area contributed by atoms with E-state index in [-0.39, 0.29) is 0 Å². The van der Waals surface area contributed by atoms with Crippen molar-refractivity contribution in [3.63, 3.8) is 0 Å². The van der Waals surface area contributed by atoms with Crippen LogP contribution < -0.4 is 11.2 Å². The molecule has 1 aliphatic heterocycles. The van der Waals surface area contributed by atoms with Crippen LogP contribution >= 0.6 is 11.6 Å². The third-order valence-corrected chi connectivity index (χ3v) is 3.44. The number of aromatic amines is 1. The number of aliphatic hydroxyl groups is 2. The number of ether oxygens (including phenoxy) is 1. The molecule has 10 heteroatoms. The summed E-state index contributed by atoms with van der Waals surface area (Å²) in [5.41, 5.74) is -1.67. The second-order valence-electron chi connectivity index (χ2n) is 4.24. The van der Waals surface area contributed by atoms with E-state index in [1.807, 2.05) is 4.98 Å². The summed E-state index contributed by atoms with van der Waals surface area (Å²) in [5.74, 6) is 4.33. The Kier molecular flexibility index (Phi) is 4.43. The topological polar surface area (TPSA) is 117 Å². The lowest BCUT2D eigenvalue weighted by Gasteiger charge is -2.24. The molecule has 0 amide bonds. The van der Waals surface area contributed by atoms with Crippen LogP contribution in [0.1, 0.15) is 6.23 Å². The van der Waals surface area contributed by atoms with Crippen molar-refractivity contribution in [1.29, 1.82) is 0 Å². The first-order valence-corrected chi connectivity index (χ1v) is 6.19. The van der Waals surface area contributed by atoms with Gasteiger partial charge in [0.2, 0.25) is 0 Å². The predicted molar refractivity (Wildman–Crippen MR) is 68.5 cm³/mol. The molecule has 1 fully saturated rings. The number of halogens is 2. The Labute approximate surface area is 122 Å². The number of nitrogens with zero attached hydrogens (tertiary/aromatic N) is 2. The number of alkyl halides is 2. The molecule has 3 N–H and O–H groups in total. The molecule has 0 radical (unpaired) electrons. The predicted octanol–water partition coefficient (Wildman–Crippen LogP) is -1.87. The van der Waals surface area contributed by atoms with Crippen molar-refractivity contribution >= 4 is 11.6 Å². The molecule has 8 nitrogen and oxygen atoms in total. The third kappa shape index (κ3) is 2.71. The average molecular weight is 320 g/mol. The molecule has 2 rings (SSSR count). The van der Waals surface area contributed by atoms with E-state index in [1.54, 1.807) is 0 Å². The molecule has 21 heavy (non-hydrogen) atoms. The Bertz CT molecular complexity index is 695. The number of rotatable bonds is 2. The summed E-state index contributed by atoms with van der Waals surface area (Å²) in [6.45, 7) is -1.62. The highest BCUT2D eigenvalue weighted by atomic mass is 35.5. The van der Waals surface area contributed by atoms with Gasteiger partial charge in [-0.3, -0.25) is 9.78 Å². The number of hydrogen-bond donors (Lipinski definition) is 3. The fraction of sp³-hybridized carbons (Fsp3) is 0.545. The van der Waals surface area contributed by atoms with Crippen molar-refractivity contribution in [2.75, 3.05) is 13.3 Å². The molecule has 1 unspecified atom stereocenters. The summed E-state index contributed by atoms with van der Waals surface area (Å²) in [7, 11) is 0. The minimum atomic E-state index is -1.89. The zero-order chi connectivity index (χ0) is 15.6. The summed E-state index contributed by atoms with van der Waals surface area (Å²) in [6.07, 6.45) is -3.23. The molecular weight excluding hydrogens is 309 g/mol. The maximum absolute atomic E-state index is 12.2. The van der Waals surface area contributed by atoms with Crippen LogP contribution in [-0.2, 0) is 4.74 Å². The largest absolute Gasteiger partial charge is 0.394 e. The van der Waals surface area contributed by atoms with Crippen LogP contribution in [0.4, 0.5) is 4.39 Å². The van der Waals surface area contributed by atoms with Crippen LogP contribution in [0, 0.1) is 11.8 Å². The summed E-state index contributed by atoms with van der Waals surface area (Å²) in [4.78, 5) is 22.8. The van der Waals surface area contributed by atoms with Crippen molar-refractivity contribution in [2.45, 2.75) is 23.3 Å². The minimum Gasteiger partial charge on any atom is -0.394 e. The van der Waals surface area contributed by atoms with Crippen LogP contribution in [0.2, 0.25) is 0 Å². The monoisotopic (exact) mass is 319 g/mol. The van der Waals surface area contributed by atoms with Crippen LogP contribution in [0.3, 0.4) is 0 Å². The molecule has 1 aromatic heterocycles. The van der Waals surface area contributed by atoms with Gasteiger partial charge in [-0.25, -0.2) is 9.18 Å². The van der Waals surface area contributed by atoms with Crippen molar-refractivity contribution in [3.05, 3.63) is 27.0 Å². The molecule has 1 aliphatic rings. The number of hydrogen-bond acceptors (Lipinski definition) is 6. The second-order valence-corrected chi connectivity index (χ2v) is 4.87.